The van der Waals surface area contributed by atoms with Gasteiger partial charge in [-0.15, -0.1) is 0 Å². The summed E-state index contributed by atoms with van der Waals surface area (Å²) in [6.45, 7) is 1.65. The number of ether oxygens (including phenoxy) is 2. The molecule has 0 heterocycles. The third kappa shape index (κ3) is 6.63. The predicted octanol–water partition coefficient (Wildman–Crippen LogP) is 5.96. The molecule has 4 aromatic rings. The first-order valence-corrected chi connectivity index (χ1v) is 10.4. The fraction of sp³-hybridized carbons (Fsp3) is 0.111. The summed E-state index contributed by atoms with van der Waals surface area (Å²) in [7, 11) is 0. The molecular weight excluding hydrogens is 384 g/mol. The van der Waals surface area contributed by atoms with Crippen LogP contribution in [-0.4, -0.2) is 0 Å². The van der Waals surface area contributed by atoms with Gasteiger partial charge in [0, 0.05) is 18.3 Å². The molecule has 4 heteroatoms. The Hall–Kier alpha value is -3.76. The smallest absolute Gasteiger partial charge is 0.123 e. The van der Waals surface area contributed by atoms with E-state index in [1.807, 2.05) is 84.9 Å². The summed E-state index contributed by atoms with van der Waals surface area (Å²) in [5.74, 6) is 1.57. The molecule has 0 unspecified atom stereocenters. The molecule has 4 rings (SSSR count). The van der Waals surface area contributed by atoms with Gasteiger partial charge in [-0.25, -0.2) is 5.43 Å². The van der Waals surface area contributed by atoms with E-state index in [1.165, 1.54) is 0 Å². The maximum atomic E-state index is 6.06. The Morgan fingerprint density at radius 2 is 1.00 bits per heavy atom. The van der Waals surface area contributed by atoms with E-state index in [4.69, 9.17) is 9.47 Å². The lowest BCUT2D eigenvalue weighted by molar-refractivity contribution is 0.289. The number of hydrazine groups is 1. The van der Waals surface area contributed by atoms with Gasteiger partial charge in [-0.2, -0.15) is 0 Å². The number of benzene rings is 4. The van der Waals surface area contributed by atoms with Crippen LogP contribution in [0.15, 0.2) is 109 Å². The summed E-state index contributed by atoms with van der Waals surface area (Å²) < 4.78 is 12.1. The second kappa shape index (κ2) is 10.9. The third-order valence-corrected chi connectivity index (χ3v) is 4.74. The van der Waals surface area contributed by atoms with Crippen LogP contribution in [0.3, 0.4) is 0 Å². The van der Waals surface area contributed by atoms with Crippen LogP contribution in [0.25, 0.3) is 0 Å². The molecule has 0 aliphatic carbocycles. The van der Waals surface area contributed by atoms with E-state index in [0.29, 0.717) is 19.8 Å². The van der Waals surface area contributed by atoms with Crippen LogP contribution in [-0.2, 0) is 19.8 Å². The monoisotopic (exact) mass is 410 g/mol. The van der Waals surface area contributed by atoms with Gasteiger partial charge < -0.3 is 14.9 Å². The van der Waals surface area contributed by atoms with Crippen molar-refractivity contribution in [2.75, 3.05) is 5.43 Å². The van der Waals surface area contributed by atoms with Gasteiger partial charge in [0.25, 0.3) is 0 Å². The van der Waals surface area contributed by atoms with Crippen molar-refractivity contribution in [3.63, 3.8) is 0 Å². The highest BCUT2D eigenvalue weighted by atomic mass is 16.5. The fourth-order valence-corrected chi connectivity index (χ4v) is 3.15. The van der Waals surface area contributed by atoms with E-state index in [9.17, 15) is 0 Å². The van der Waals surface area contributed by atoms with Gasteiger partial charge >= 0.3 is 0 Å². The predicted molar refractivity (Wildman–Crippen MR) is 125 cm³/mol. The van der Waals surface area contributed by atoms with Gasteiger partial charge in [-0.3, -0.25) is 0 Å². The minimum Gasteiger partial charge on any atom is -0.489 e. The van der Waals surface area contributed by atoms with Crippen LogP contribution >= 0.6 is 0 Å². The summed E-state index contributed by atoms with van der Waals surface area (Å²) in [4.78, 5) is 0. The molecule has 4 aromatic carbocycles. The average Bonchev–Trinajstić information content (AvgIpc) is 2.83. The first-order chi connectivity index (χ1) is 15.3. The van der Waals surface area contributed by atoms with Gasteiger partial charge in [0.2, 0.25) is 0 Å². The normalized spacial score (nSPS) is 10.5. The first-order valence-electron chi connectivity index (χ1n) is 10.4. The number of para-hydroxylation sites is 1. The van der Waals surface area contributed by atoms with E-state index in [0.717, 1.165) is 33.9 Å². The number of hydrogen-bond donors (Lipinski definition) is 2. The quantitative estimate of drug-likeness (QED) is 0.317. The highest BCUT2D eigenvalue weighted by Gasteiger charge is 2.05. The van der Waals surface area contributed by atoms with Crippen LogP contribution in [0.1, 0.15) is 16.7 Å². The van der Waals surface area contributed by atoms with Crippen molar-refractivity contribution in [3.8, 4) is 11.5 Å². The zero-order valence-electron chi connectivity index (χ0n) is 17.3. The first kappa shape index (κ1) is 20.5. The zero-order valence-corrected chi connectivity index (χ0v) is 17.3. The van der Waals surface area contributed by atoms with Crippen molar-refractivity contribution in [1.29, 1.82) is 0 Å². The summed E-state index contributed by atoms with van der Waals surface area (Å²) in [6, 6.07) is 36.3. The number of nitrogens with one attached hydrogen (secondary N) is 2. The molecule has 0 saturated heterocycles. The Labute approximate surface area is 183 Å². The number of rotatable bonds is 10. The zero-order chi connectivity index (χ0) is 21.1. The maximum Gasteiger partial charge on any atom is 0.123 e. The second-order valence-corrected chi connectivity index (χ2v) is 7.21. The van der Waals surface area contributed by atoms with E-state index in [2.05, 4.69) is 35.1 Å². The molecule has 0 amide bonds. The molecular formula is C27H26N2O2. The standard InChI is InChI=1S/C27H26N2O2/c1-4-10-22(11-5-1)20-30-26-16-24(19-28-29-25-14-8-3-9-15-25)17-27(18-26)31-21-23-12-6-2-7-13-23/h1-18,28-29H,19-21H2. The van der Waals surface area contributed by atoms with Crippen molar-refractivity contribution in [2.24, 2.45) is 0 Å². The molecule has 0 radical (unpaired) electrons. The van der Waals surface area contributed by atoms with Crippen LogP contribution < -0.4 is 20.3 Å². The summed E-state index contributed by atoms with van der Waals surface area (Å²) in [5.41, 5.74) is 10.8. The van der Waals surface area contributed by atoms with E-state index in [1.54, 1.807) is 0 Å². The van der Waals surface area contributed by atoms with Gasteiger partial charge in [0.1, 0.15) is 24.7 Å². The molecule has 0 spiro atoms. The molecule has 2 N–H and O–H groups in total. The Balaban J connectivity index is 1.43. The lowest BCUT2D eigenvalue weighted by Gasteiger charge is -2.14. The molecule has 156 valence electrons. The number of anilines is 1. The van der Waals surface area contributed by atoms with Crippen LogP contribution in [0.2, 0.25) is 0 Å². The largest absolute Gasteiger partial charge is 0.489 e. The molecule has 0 atom stereocenters. The summed E-state index contributed by atoms with van der Waals surface area (Å²) >= 11 is 0. The Bertz CT molecular complexity index is 993. The van der Waals surface area contributed by atoms with Gasteiger partial charge in [-0.05, 0) is 41.0 Å². The molecule has 0 aliphatic heterocycles. The fourth-order valence-electron chi connectivity index (χ4n) is 3.15. The maximum absolute atomic E-state index is 6.06. The van der Waals surface area contributed by atoms with Gasteiger partial charge in [-0.1, -0.05) is 78.9 Å². The summed E-state index contributed by atoms with van der Waals surface area (Å²) in [6.07, 6.45) is 0. The molecule has 4 nitrogen and oxygen atoms in total. The Kier molecular flexibility index (Phi) is 7.18. The van der Waals surface area contributed by atoms with E-state index < -0.39 is 0 Å². The van der Waals surface area contributed by atoms with E-state index >= 15 is 0 Å². The van der Waals surface area contributed by atoms with Crippen molar-refractivity contribution in [1.82, 2.24) is 5.43 Å². The molecule has 0 fully saturated rings. The van der Waals surface area contributed by atoms with Crippen LogP contribution in [0, 0.1) is 0 Å². The van der Waals surface area contributed by atoms with Gasteiger partial charge in [0.15, 0.2) is 0 Å². The average molecular weight is 411 g/mol. The van der Waals surface area contributed by atoms with Gasteiger partial charge in [0.05, 0.1) is 0 Å². The molecule has 0 saturated carbocycles. The van der Waals surface area contributed by atoms with Crippen LogP contribution in [0.5, 0.6) is 11.5 Å². The lowest BCUT2D eigenvalue weighted by atomic mass is 10.2. The highest BCUT2D eigenvalue weighted by molar-refractivity contribution is 5.42. The Morgan fingerprint density at radius 1 is 0.516 bits per heavy atom. The molecule has 0 aliphatic rings. The topological polar surface area (TPSA) is 42.5 Å². The highest BCUT2D eigenvalue weighted by Crippen LogP contribution is 2.25. The van der Waals surface area contributed by atoms with Crippen molar-refractivity contribution in [3.05, 3.63) is 126 Å². The Morgan fingerprint density at radius 3 is 1.52 bits per heavy atom. The lowest BCUT2D eigenvalue weighted by Crippen LogP contribution is -2.20. The molecule has 0 aromatic heterocycles. The second-order valence-electron chi connectivity index (χ2n) is 7.21. The van der Waals surface area contributed by atoms with Crippen LogP contribution in [0.4, 0.5) is 5.69 Å². The SMILES string of the molecule is c1ccc(COc2cc(CNNc3ccccc3)cc(OCc3ccccc3)c2)cc1. The molecule has 31 heavy (non-hydrogen) atoms. The van der Waals surface area contributed by atoms with Crippen molar-refractivity contribution >= 4 is 5.69 Å². The van der Waals surface area contributed by atoms with Crippen molar-refractivity contribution in [2.45, 2.75) is 19.8 Å². The third-order valence-electron chi connectivity index (χ3n) is 4.74. The summed E-state index contributed by atoms with van der Waals surface area (Å²) in [5, 5.41) is 0. The van der Waals surface area contributed by atoms with E-state index in [-0.39, 0.29) is 0 Å². The molecule has 0 bridgehead atoms. The number of hydrogen-bond acceptors (Lipinski definition) is 4. The minimum atomic E-state index is 0.512. The minimum absolute atomic E-state index is 0.512. The van der Waals surface area contributed by atoms with Crippen molar-refractivity contribution < 1.29 is 9.47 Å².